The first-order chi connectivity index (χ1) is 10.1. The zero-order valence-electron chi connectivity index (χ0n) is 12.1. The van der Waals surface area contributed by atoms with E-state index in [0.29, 0.717) is 17.8 Å². The fourth-order valence-corrected chi connectivity index (χ4v) is 2.31. The third kappa shape index (κ3) is 3.92. The van der Waals surface area contributed by atoms with Gasteiger partial charge in [-0.15, -0.1) is 11.8 Å². The molecule has 5 heteroatoms. The molecule has 0 saturated carbocycles. The molecule has 21 heavy (non-hydrogen) atoms. The standard InChI is InChI=1S/C16H19N3OS/c1-3-18-16(20)11-4-9-14(17)15(10-11)19-12-5-7-13(21-2)8-6-12/h4-10,19H,3,17H2,1-2H3,(H,18,20). The van der Waals surface area contributed by atoms with Crippen molar-refractivity contribution < 1.29 is 4.79 Å². The van der Waals surface area contributed by atoms with Gasteiger partial charge in [0.15, 0.2) is 0 Å². The summed E-state index contributed by atoms with van der Waals surface area (Å²) in [6.07, 6.45) is 2.04. The van der Waals surface area contributed by atoms with E-state index in [1.807, 2.05) is 37.4 Å². The number of nitrogens with one attached hydrogen (secondary N) is 2. The topological polar surface area (TPSA) is 67.2 Å². The second kappa shape index (κ2) is 7.04. The zero-order valence-corrected chi connectivity index (χ0v) is 13.0. The minimum absolute atomic E-state index is 0.0988. The monoisotopic (exact) mass is 301 g/mol. The molecule has 0 spiro atoms. The Morgan fingerprint density at radius 2 is 1.90 bits per heavy atom. The Morgan fingerprint density at radius 1 is 1.19 bits per heavy atom. The molecule has 0 aliphatic carbocycles. The Labute approximate surface area is 129 Å². The molecule has 2 aromatic carbocycles. The van der Waals surface area contributed by atoms with E-state index in [4.69, 9.17) is 5.73 Å². The lowest BCUT2D eigenvalue weighted by molar-refractivity contribution is 0.0956. The highest BCUT2D eigenvalue weighted by Crippen LogP contribution is 2.26. The number of carbonyl (C=O) groups is 1. The van der Waals surface area contributed by atoms with E-state index < -0.39 is 0 Å². The second-order valence-corrected chi connectivity index (χ2v) is 5.39. The van der Waals surface area contributed by atoms with Crippen molar-refractivity contribution in [2.24, 2.45) is 0 Å². The fraction of sp³-hybridized carbons (Fsp3) is 0.188. The summed E-state index contributed by atoms with van der Waals surface area (Å²) in [6, 6.07) is 13.3. The van der Waals surface area contributed by atoms with Crippen molar-refractivity contribution in [1.29, 1.82) is 0 Å². The number of amides is 1. The maximum absolute atomic E-state index is 11.9. The number of nitrogens with two attached hydrogens (primary N) is 1. The van der Waals surface area contributed by atoms with Crippen LogP contribution in [0.1, 0.15) is 17.3 Å². The van der Waals surface area contributed by atoms with Crippen LogP contribution in [0.25, 0.3) is 0 Å². The molecule has 4 nitrogen and oxygen atoms in total. The molecule has 0 aromatic heterocycles. The summed E-state index contributed by atoms with van der Waals surface area (Å²) in [5.41, 5.74) is 8.84. The lowest BCUT2D eigenvalue weighted by atomic mass is 10.1. The Hall–Kier alpha value is -2.14. The Kier molecular flexibility index (Phi) is 5.11. The molecule has 110 valence electrons. The van der Waals surface area contributed by atoms with E-state index in [1.165, 1.54) is 4.90 Å². The van der Waals surface area contributed by atoms with Crippen molar-refractivity contribution in [3.8, 4) is 0 Å². The van der Waals surface area contributed by atoms with Crippen LogP contribution in [0.5, 0.6) is 0 Å². The van der Waals surface area contributed by atoms with E-state index in [1.54, 1.807) is 30.0 Å². The molecule has 0 atom stereocenters. The highest BCUT2D eigenvalue weighted by atomic mass is 32.2. The number of nitrogen functional groups attached to an aromatic ring is 1. The van der Waals surface area contributed by atoms with Gasteiger partial charge in [-0.2, -0.15) is 0 Å². The predicted octanol–water partition coefficient (Wildman–Crippen LogP) is 3.48. The van der Waals surface area contributed by atoms with Crippen LogP contribution in [0.2, 0.25) is 0 Å². The van der Waals surface area contributed by atoms with Crippen molar-refractivity contribution in [1.82, 2.24) is 5.32 Å². The van der Waals surface area contributed by atoms with Crippen LogP contribution in [0.15, 0.2) is 47.4 Å². The van der Waals surface area contributed by atoms with Gasteiger partial charge in [0.25, 0.3) is 5.91 Å². The third-order valence-corrected chi connectivity index (χ3v) is 3.77. The zero-order chi connectivity index (χ0) is 15.2. The van der Waals surface area contributed by atoms with Crippen LogP contribution in [-0.2, 0) is 0 Å². The normalized spacial score (nSPS) is 10.2. The van der Waals surface area contributed by atoms with E-state index in [-0.39, 0.29) is 5.91 Å². The molecule has 2 rings (SSSR count). The summed E-state index contributed by atoms with van der Waals surface area (Å²) in [5.74, 6) is -0.0988. The molecular formula is C16H19N3OS. The minimum atomic E-state index is -0.0988. The molecule has 0 heterocycles. The largest absolute Gasteiger partial charge is 0.397 e. The van der Waals surface area contributed by atoms with Crippen LogP contribution in [0.4, 0.5) is 17.1 Å². The van der Waals surface area contributed by atoms with Gasteiger partial charge >= 0.3 is 0 Å². The molecule has 0 aliphatic heterocycles. The fourth-order valence-electron chi connectivity index (χ4n) is 1.90. The maximum Gasteiger partial charge on any atom is 0.251 e. The molecule has 0 fully saturated rings. The molecule has 0 unspecified atom stereocenters. The van der Waals surface area contributed by atoms with Crippen molar-refractivity contribution in [2.75, 3.05) is 23.9 Å². The van der Waals surface area contributed by atoms with E-state index >= 15 is 0 Å². The molecule has 0 aliphatic rings. The van der Waals surface area contributed by atoms with Gasteiger partial charge in [0.1, 0.15) is 0 Å². The Bertz CT molecular complexity index is 626. The number of carbonyl (C=O) groups excluding carboxylic acids is 1. The lowest BCUT2D eigenvalue weighted by Gasteiger charge is -2.11. The smallest absolute Gasteiger partial charge is 0.251 e. The first kappa shape index (κ1) is 15.3. The van der Waals surface area contributed by atoms with Gasteiger partial charge in [-0.05, 0) is 55.6 Å². The lowest BCUT2D eigenvalue weighted by Crippen LogP contribution is -2.22. The third-order valence-electron chi connectivity index (χ3n) is 3.02. The van der Waals surface area contributed by atoms with Crippen molar-refractivity contribution in [3.05, 3.63) is 48.0 Å². The average Bonchev–Trinajstić information content (AvgIpc) is 2.50. The van der Waals surface area contributed by atoms with Gasteiger partial charge in [-0.3, -0.25) is 4.79 Å². The number of hydrogen-bond donors (Lipinski definition) is 3. The SMILES string of the molecule is CCNC(=O)c1ccc(N)c(Nc2ccc(SC)cc2)c1. The highest BCUT2D eigenvalue weighted by molar-refractivity contribution is 7.98. The summed E-state index contributed by atoms with van der Waals surface area (Å²) in [7, 11) is 0. The van der Waals surface area contributed by atoms with Gasteiger partial charge in [-0.1, -0.05) is 0 Å². The summed E-state index contributed by atoms with van der Waals surface area (Å²) in [6.45, 7) is 2.49. The van der Waals surface area contributed by atoms with Crippen LogP contribution in [-0.4, -0.2) is 18.7 Å². The van der Waals surface area contributed by atoms with E-state index in [0.717, 1.165) is 11.4 Å². The number of anilines is 3. The van der Waals surface area contributed by atoms with E-state index in [9.17, 15) is 4.79 Å². The van der Waals surface area contributed by atoms with Crippen molar-refractivity contribution in [3.63, 3.8) is 0 Å². The number of thioether (sulfide) groups is 1. The van der Waals surface area contributed by atoms with Crippen molar-refractivity contribution in [2.45, 2.75) is 11.8 Å². The Balaban J connectivity index is 2.21. The summed E-state index contributed by atoms with van der Waals surface area (Å²) in [4.78, 5) is 13.1. The molecule has 2 aromatic rings. The number of hydrogen-bond acceptors (Lipinski definition) is 4. The quantitative estimate of drug-likeness (QED) is 0.584. The van der Waals surface area contributed by atoms with Crippen LogP contribution in [0, 0.1) is 0 Å². The summed E-state index contributed by atoms with van der Waals surface area (Å²) in [5, 5.41) is 6.02. The van der Waals surface area contributed by atoms with Gasteiger partial charge in [0.2, 0.25) is 0 Å². The minimum Gasteiger partial charge on any atom is -0.397 e. The Morgan fingerprint density at radius 3 is 2.52 bits per heavy atom. The highest BCUT2D eigenvalue weighted by Gasteiger charge is 2.07. The average molecular weight is 301 g/mol. The van der Waals surface area contributed by atoms with Gasteiger partial charge in [0, 0.05) is 22.7 Å². The first-order valence-electron chi connectivity index (χ1n) is 6.73. The molecule has 1 amide bonds. The number of rotatable bonds is 5. The molecule has 0 saturated heterocycles. The van der Waals surface area contributed by atoms with Gasteiger partial charge in [-0.25, -0.2) is 0 Å². The van der Waals surface area contributed by atoms with Crippen molar-refractivity contribution >= 4 is 34.7 Å². The summed E-state index contributed by atoms with van der Waals surface area (Å²) < 4.78 is 0. The molecule has 4 N–H and O–H groups in total. The second-order valence-electron chi connectivity index (χ2n) is 4.51. The van der Waals surface area contributed by atoms with Crippen LogP contribution >= 0.6 is 11.8 Å². The maximum atomic E-state index is 11.9. The number of benzene rings is 2. The molecular weight excluding hydrogens is 282 g/mol. The van der Waals surface area contributed by atoms with Gasteiger partial charge < -0.3 is 16.4 Å². The van der Waals surface area contributed by atoms with Crippen LogP contribution in [0.3, 0.4) is 0 Å². The van der Waals surface area contributed by atoms with E-state index in [2.05, 4.69) is 10.6 Å². The van der Waals surface area contributed by atoms with Gasteiger partial charge in [0.05, 0.1) is 11.4 Å². The first-order valence-corrected chi connectivity index (χ1v) is 7.95. The van der Waals surface area contributed by atoms with Crippen LogP contribution < -0.4 is 16.4 Å². The molecule has 0 radical (unpaired) electrons. The summed E-state index contributed by atoms with van der Waals surface area (Å²) >= 11 is 1.69. The molecule has 0 bridgehead atoms. The predicted molar refractivity (Wildman–Crippen MR) is 90.4 cm³/mol.